The average molecular weight is 586 g/mol. The van der Waals surface area contributed by atoms with Gasteiger partial charge in [0.15, 0.2) is 5.72 Å². The van der Waals surface area contributed by atoms with E-state index in [0.29, 0.717) is 38.3 Å². The lowest BCUT2D eigenvalue weighted by Gasteiger charge is -2.36. The number of halogens is 1. The van der Waals surface area contributed by atoms with Crippen molar-refractivity contribution in [3.63, 3.8) is 0 Å². The third-order valence-corrected chi connectivity index (χ3v) is 7.10. The summed E-state index contributed by atoms with van der Waals surface area (Å²) in [4.78, 5) is 42.2. The number of nitrogens with one attached hydrogen (secondary N) is 1. The van der Waals surface area contributed by atoms with Gasteiger partial charge in [0.2, 0.25) is 5.91 Å². The van der Waals surface area contributed by atoms with Gasteiger partial charge < -0.3 is 29.3 Å². The van der Waals surface area contributed by atoms with Crippen LogP contribution in [-0.2, 0) is 20.7 Å². The molecular formula is C30H40FN5O6. The molecule has 228 valence electrons. The Morgan fingerprint density at radius 2 is 1.79 bits per heavy atom. The van der Waals surface area contributed by atoms with E-state index in [1.54, 1.807) is 40.0 Å². The molecule has 12 heteroatoms. The van der Waals surface area contributed by atoms with Crippen molar-refractivity contribution in [3.05, 3.63) is 53.8 Å². The van der Waals surface area contributed by atoms with Crippen LogP contribution in [0.4, 0.5) is 25.4 Å². The van der Waals surface area contributed by atoms with Gasteiger partial charge in [-0.05, 0) is 69.5 Å². The minimum absolute atomic E-state index is 0.0837. The van der Waals surface area contributed by atoms with Gasteiger partial charge in [-0.15, -0.1) is 0 Å². The van der Waals surface area contributed by atoms with Crippen LogP contribution in [0.1, 0.15) is 39.2 Å². The summed E-state index contributed by atoms with van der Waals surface area (Å²) in [6.07, 6.45) is 0.587. The van der Waals surface area contributed by atoms with Crippen LogP contribution in [0.3, 0.4) is 0 Å². The van der Waals surface area contributed by atoms with E-state index in [2.05, 4.69) is 5.32 Å². The molecule has 0 bridgehead atoms. The van der Waals surface area contributed by atoms with Gasteiger partial charge in [-0.2, -0.15) is 0 Å². The molecule has 2 fully saturated rings. The Kier molecular flexibility index (Phi) is 9.45. The van der Waals surface area contributed by atoms with Crippen LogP contribution >= 0.6 is 0 Å². The molecule has 2 heterocycles. The highest BCUT2D eigenvalue weighted by molar-refractivity contribution is 5.90. The number of methoxy groups -OCH3 is 1. The van der Waals surface area contributed by atoms with Gasteiger partial charge in [-0.25, -0.2) is 14.0 Å². The number of anilines is 2. The first-order chi connectivity index (χ1) is 19.9. The summed E-state index contributed by atoms with van der Waals surface area (Å²) < 4.78 is 30.9. The fourth-order valence-electron chi connectivity index (χ4n) is 4.93. The van der Waals surface area contributed by atoms with Crippen LogP contribution in [-0.4, -0.2) is 80.7 Å². The SMILES string of the molecule is COc1ccc(CCCC(=O)N2CCN(c3ccc(N4C[C@](N)(CNC(=O)OC(C)(C)C)OC4=O)cc3F)CC2)cc1. The van der Waals surface area contributed by atoms with Gasteiger partial charge in [-0.3, -0.25) is 15.4 Å². The van der Waals surface area contributed by atoms with Gasteiger partial charge in [0.05, 0.1) is 31.6 Å². The summed E-state index contributed by atoms with van der Waals surface area (Å²) in [6, 6.07) is 12.3. The number of aryl methyl sites for hydroxylation is 1. The molecule has 3 amide bonds. The van der Waals surface area contributed by atoms with Crippen LogP contribution in [0.15, 0.2) is 42.5 Å². The van der Waals surface area contributed by atoms with Crippen LogP contribution in [0.5, 0.6) is 5.75 Å². The largest absolute Gasteiger partial charge is 0.497 e. The number of ether oxygens (including phenoxy) is 3. The predicted molar refractivity (Wildman–Crippen MR) is 156 cm³/mol. The fraction of sp³-hybridized carbons (Fsp3) is 0.500. The number of alkyl carbamates (subject to hydrolysis) is 1. The van der Waals surface area contributed by atoms with Crippen molar-refractivity contribution < 1.29 is 33.0 Å². The molecule has 2 aromatic carbocycles. The van der Waals surface area contributed by atoms with E-state index >= 15 is 4.39 Å². The molecule has 0 spiro atoms. The molecule has 4 rings (SSSR count). The second kappa shape index (κ2) is 12.8. The minimum atomic E-state index is -1.50. The fourth-order valence-corrected chi connectivity index (χ4v) is 4.93. The summed E-state index contributed by atoms with van der Waals surface area (Å²) in [5.74, 6) is 0.401. The zero-order valence-corrected chi connectivity index (χ0v) is 24.7. The van der Waals surface area contributed by atoms with E-state index < -0.39 is 29.3 Å². The number of nitrogens with two attached hydrogens (primary N) is 1. The van der Waals surface area contributed by atoms with Gasteiger partial charge in [-0.1, -0.05) is 12.1 Å². The Labute approximate surface area is 245 Å². The van der Waals surface area contributed by atoms with Crippen molar-refractivity contribution in [1.82, 2.24) is 10.2 Å². The summed E-state index contributed by atoms with van der Waals surface area (Å²) in [5.41, 5.74) is 5.84. The summed E-state index contributed by atoms with van der Waals surface area (Å²) >= 11 is 0. The van der Waals surface area contributed by atoms with Crippen LogP contribution in [0.25, 0.3) is 0 Å². The average Bonchev–Trinajstić information content (AvgIpc) is 3.25. The van der Waals surface area contributed by atoms with Crippen molar-refractivity contribution in [3.8, 4) is 5.75 Å². The molecule has 11 nitrogen and oxygen atoms in total. The molecule has 3 N–H and O–H groups in total. The number of cyclic esters (lactones) is 1. The number of hydrogen-bond acceptors (Lipinski definition) is 8. The van der Waals surface area contributed by atoms with Crippen molar-refractivity contribution in [2.45, 2.75) is 51.4 Å². The first kappa shape index (κ1) is 30.9. The number of benzene rings is 2. The van der Waals surface area contributed by atoms with Crippen LogP contribution in [0, 0.1) is 5.82 Å². The summed E-state index contributed by atoms with van der Waals surface area (Å²) in [7, 11) is 1.63. The lowest BCUT2D eigenvalue weighted by atomic mass is 10.1. The maximum Gasteiger partial charge on any atom is 0.416 e. The molecule has 0 aromatic heterocycles. The second-order valence-corrected chi connectivity index (χ2v) is 11.6. The third-order valence-electron chi connectivity index (χ3n) is 7.10. The zero-order chi connectivity index (χ0) is 30.5. The standard InChI is InChI=1S/C30H40FN5O6/c1-29(2,3)41-27(38)33-19-30(32)20-36(28(39)42-30)22-10-13-25(24(31)18-22)34-14-16-35(17-15-34)26(37)7-5-6-21-8-11-23(40-4)12-9-21/h8-13,18H,5-7,14-17,19-20,32H2,1-4H3,(H,33,38)/t30-/m0/s1. The molecule has 0 unspecified atom stereocenters. The van der Waals surface area contributed by atoms with Gasteiger partial charge >= 0.3 is 12.2 Å². The topological polar surface area (TPSA) is 127 Å². The lowest BCUT2D eigenvalue weighted by Crippen LogP contribution is -2.53. The number of carbonyl (C=O) groups excluding carboxylic acids is 3. The second-order valence-electron chi connectivity index (χ2n) is 11.6. The number of amides is 3. The Bertz CT molecular complexity index is 1280. The molecule has 0 radical (unpaired) electrons. The van der Waals surface area contributed by atoms with Crippen molar-refractivity contribution in [2.24, 2.45) is 5.73 Å². The number of nitrogens with zero attached hydrogens (tertiary/aromatic N) is 3. The Hall–Kier alpha value is -4.06. The van der Waals surface area contributed by atoms with Crippen LogP contribution < -0.4 is 25.6 Å². The Morgan fingerprint density at radius 1 is 1.10 bits per heavy atom. The number of hydrogen-bond donors (Lipinski definition) is 2. The first-order valence-corrected chi connectivity index (χ1v) is 14.1. The predicted octanol–water partition coefficient (Wildman–Crippen LogP) is 3.64. The number of carbonyl (C=O) groups is 3. The molecule has 0 saturated carbocycles. The highest BCUT2D eigenvalue weighted by Gasteiger charge is 2.43. The van der Waals surface area contributed by atoms with E-state index in [1.807, 2.05) is 34.1 Å². The highest BCUT2D eigenvalue weighted by atomic mass is 19.1. The molecule has 1 atom stereocenters. The van der Waals surface area contributed by atoms with E-state index in [1.165, 1.54) is 11.0 Å². The minimum Gasteiger partial charge on any atom is -0.497 e. The first-order valence-electron chi connectivity index (χ1n) is 14.1. The van der Waals surface area contributed by atoms with Gasteiger partial charge in [0, 0.05) is 32.6 Å². The molecule has 2 saturated heterocycles. The van der Waals surface area contributed by atoms with Crippen molar-refractivity contribution >= 4 is 29.5 Å². The summed E-state index contributed by atoms with van der Waals surface area (Å²) in [6.45, 7) is 6.92. The van der Waals surface area contributed by atoms with E-state index in [0.717, 1.165) is 24.2 Å². The van der Waals surface area contributed by atoms with Crippen molar-refractivity contribution in [2.75, 3.05) is 56.2 Å². The molecule has 0 aliphatic carbocycles. The highest BCUT2D eigenvalue weighted by Crippen LogP contribution is 2.30. The third kappa shape index (κ3) is 8.03. The lowest BCUT2D eigenvalue weighted by molar-refractivity contribution is -0.131. The van der Waals surface area contributed by atoms with E-state index in [4.69, 9.17) is 19.9 Å². The molecule has 42 heavy (non-hydrogen) atoms. The van der Waals surface area contributed by atoms with E-state index in [-0.39, 0.29) is 24.7 Å². The molecule has 2 aromatic rings. The quantitative estimate of drug-likeness (QED) is 0.457. The number of piperazine rings is 1. The number of rotatable bonds is 9. The maximum absolute atomic E-state index is 15.2. The molecular weight excluding hydrogens is 545 g/mol. The Morgan fingerprint density at radius 3 is 2.40 bits per heavy atom. The molecule has 2 aliphatic heterocycles. The monoisotopic (exact) mass is 585 g/mol. The van der Waals surface area contributed by atoms with Gasteiger partial charge in [0.1, 0.15) is 17.2 Å². The Balaban J connectivity index is 1.26. The van der Waals surface area contributed by atoms with Crippen LogP contribution in [0.2, 0.25) is 0 Å². The van der Waals surface area contributed by atoms with E-state index in [9.17, 15) is 14.4 Å². The normalized spacial score (nSPS) is 19.0. The zero-order valence-electron chi connectivity index (χ0n) is 24.7. The smallest absolute Gasteiger partial charge is 0.416 e. The summed E-state index contributed by atoms with van der Waals surface area (Å²) in [5, 5.41) is 2.51. The molecule has 2 aliphatic rings. The van der Waals surface area contributed by atoms with Gasteiger partial charge in [0.25, 0.3) is 0 Å². The maximum atomic E-state index is 15.2. The van der Waals surface area contributed by atoms with Crippen molar-refractivity contribution in [1.29, 1.82) is 0 Å².